The molecule has 1 amide bonds. The topological polar surface area (TPSA) is 72.0 Å². The van der Waals surface area contributed by atoms with Gasteiger partial charge in [0, 0.05) is 24.9 Å². The molecule has 0 saturated heterocycles. The molecular formula is C23H20Cl2IN3O3. The van der Waals surface area contributed by atoms with Crippen molar-refractivity contribution in [2.24, 2.45) is 5.10 Å². The number of hydrogen-bond acceptors (Lipinski definition) is 5. The molecule has 0 heterocycles. The van der Waals surface area contributed by atoms with Crippen LogP contribution in [0.25, 0.3) is 0 Å². The molecule has 0 aromatic heterocycles. The largest absolute Gasteiger partial charge is 0.493 e. The van der Waals surface area contributed by atoms with Gasteiger partial charge in [-0.2, -0.15) is 5.10 Å². The molecule has 0 bridgehead atoms. The Morgan fingerprint density at radius 1 is 1.06 bits per heavy atom. The predicted octanol–water partition coefficient (Wildman–Crippen LogP) is 5.75. The maximum atomic E-state index is 12.0. The molecule has 0 atom stereocenters. The number of hydrogen-bond donors (Lipinski definition) is 2. The van der Waals surface area contributed by atoms with E-state index in [2.05, 4.69) is 38.4 Å². The van der Waals surface area contributed by atoms with Gasteiger partial charge in [-0.3, -0.25) is 4.79 Å². The molecule has 3 aromatic rings. The van der Waals surface area contributed by atoms with Gasteiger partial charge in [0.25, 0.3) is 5.91 Å². The van der Waals surface area contributed by atoms with Gasteiger partial charge in [-0.05, 0) is 82.8 Å². The molecule has 0 saturated carbocycles. The van der Waals surface area contributed by atoms with Crippen LogP contribution in [0.3, 0.4) is 0 Å². The van der Waals surface area contributed by atoms with Crippen molar-refractivity contribution in [2.45, 2.75) is 6.61 Å². The van der Waals surface area contributed by atoms with E-state index in [1.807, 2.05) is 30.3 Å². The van der Waals surface area contributed by atoms with E-state index in [1.165, 1.54) is 6.21 Å². The lowest BCUT2D eigenvalue weighted by Gasteiger charge is -2.12. The molecule has 0 aliphatic carbocycles. The number of hydrazone groups is 1. The Morgan fingerprint density at radius 3 is 2.56 bits per heavy atom. The minimum absolute atomic E-state index is 0.112. The number of carbonyl (C=O) groups excluding carboxylic acids is 1. The molecule has 0 unspecified atom stereocenters. The quantitative estimate of drug-likeness (QED) is 0.191. The lowest BCUT2D eigenvalue weighted by Crippen LogP contribution is -2.25. The van der Waals surface area contributed by atoms with E-state index in [-0.39, 0.29) is 19.1 Å². The molecule has 32 heavy (non-hydrogen) atoms. The minimum atomic E-state index is -0.258. The second-order valence-corrected chi connectivity index (χ2v) is 8.68. The van der Waals surface area contributed by atoms with Crippen LogP contribution in [-0.4, -0.2) is 25.8 Å². The van der Waals surface area contributed by atoms with E-state index >= 15 is 0 Å². The van der Waals surface area contributed by atoms with Gasteiger partial charge in [-0.25, -0.2) is 5.43 Å². The number of rotatable bonds is 9. The van der Waals surface area contributed by atoms with Crippen LogP contribution >= 0.6 is 45.8 Å². The molecule has 0 radical (unpaired) electrons. The zero-order valence-electron chi connectivity index (χ0n) is 17.1. The second-order valence-electron chi connectivity index (χ2n) is 6.59. The second kappa shape index (κ2) is 11.9. The van der Waals surface area contributed by atoms with Gasteiger partial charge in [0.1, 0.15) is 6.61 Å². The fourth-order valence-electron chi connectivity index (χ4n) is 2.65. The molecule has 9 heteroatoms. The van der Waals surface area contributed by atoms with Gasteiger partial charge in [-0.15, -0.1) is 0 Å². The van der Waals surface area contributed by atoms with E-state index < -0.39 is 0 Å². The number of benzene rings is 3. The minimum Gasteiger partial charge on any atom is -0.493 e. The Kier molecular flexibility index (Phi) is 9.01. The lowest BCUT2D eigenvalue weighted by atomic mass is 10.2. The van der Waals surface area contributed by atoms with Crippen molar-refractivity contribution in [3.8, 4) is 11.5 Å². The standard InChI is InChI=1S/C23H20Cl2IN3O3/c1-31-22-10-15(2-9-21(22)32-14-16-3-4-17(24)11-20(16)25)12-28-29-23(30)13-27-19-7-5-18(26)6-8-19/h2-12,27H,13-14H2,1H3,(H,29,30)/b28-12-. The number of nitrogens with one attached hydrogen (secondary N) is 2. The lowest BCUT2D eigenvalue weighted by molar-refractivity contribution is -0.119. The number of nitrogens with zero attached hydrogens (tertiary/aromatic N) is 1. The predicted molar refractivity (Wildman–Crippen MR) is 137 cm³/mol. The van der Waals surface area contributed by atoms with Gasteiger partial charge in [0.05, 0.1) is 19.9 Å². The Morgan fingerprint density at radius 2 is 1.84 bits per heavy atom. The molecule has 3 aromatic carbocycles. The van der Waals surface area contributed by atoms with Crippen LogP contribution in [0.1, 0.15) is 11.1 Å². The van der Waals surface area contributed by atoms with E-state index in [1.54, 1.807) is 37.4 Å². The van der Waals surface area contributed by atoms with Crippen molar-refractivity contribution in [3.63, 3.8) is 0 Å². The van der Waals surface area contributed by atoms with E-state index in [9.17, 15) is 4.79 Å². The summed E-state index contributed by atoms with van der Waals surface area (Å²) in [5.74, 6) is 0.832. The Hall–Kier alpha value is -2.49. The molecule has 0 aliphatic rings. The van der Waals surface area contributed by atoms with Crippen molar-refractivity contribution in [1.82, 2.24) is 5.43 Å². The Labute approximate surface area is 210 Å². The molecule has 6 nitrogen and oxygen atoms in total. The van der Waals surface area contributed by atoms with Crippen LogP contribution < -0.4 is 20.2 Å². The van der Waals surface area contributed by atoms with Crippen LogP contribution in [0.4, 0.5) is 5.69 Å². The van der Waals surface area contributed by atoms with Crippen LogP contribution in [0.15, 0.2) is 65.8 Å². The van der Waals surface area contributed by atoms with E-state index in [0.717, 1.165) is 20.4 Å². The first-order valence-corrected chi connectivity index (χ1v) is 11.3. The number of anilines is 1. The fourth-order valence-corrected chi connectivity index (χ4v) is 3.47. The summed E-state index contributed by atoms with van der Waals surface area (Å²) in [5.41, 5.74) is 4.91. The third-order valence-electron chi connectivity index (χ3n) is 4.29. The molecule has 166 valence electrons. The first-order valence-electron chi connectivity index (χ1n) is 9.50. The van der Waals surface area contributed by atoms with Crippen LogP contribution in [0, 0.1) is 3.57 Å². The molecule has 0 fully saturated rings. The van der Waals surface area contributed by atoms with Crippen molar-refractivity contribution in [3.05, 3.63) is 85.4 Å². The van der Waals surface area contributed by atoms with Crippen LogP contribution in [0.2, 0.25) is 10.0 Å². The third kappa shape index (κ3) is 7.29. The number of ether oxygens (including phenoxy) is 2. The molecule has 3 rings (SSSR count). The zero-order chi connectivity index (χ0) is 22.9. The summed E-state index contributed by atoms with van der Waals surface area (Å²) in [6, 6.07) is 18.3. The summed E-state index contributed by atoms with van der Waals surface area (Å²) >= 11 is 14.3. The average Bonchev–Trinajstić information content (AvgIpc) is 2.78. The number of amides is 1. The van der Waals surface area contributed by atoms with E-state index in [0.29, 0.717) is 21.5 Å². The molecule has 2 N–H and O–H groups in total. The summed E-state index contributed by atoms with van der Waals surface area (Å²) in [4.78, 5) is 12.0. The summed E-state index contributed by atoms with van der Waals surface area (Å²) in [6.07, 6.45) is 1.53. The fraction of sp³-hybridized carbons (Fsp3) is 0.130. The van der Waals surface area contributed by atoms with Gasteiger partial charge < -0.3 is 14.8 Å². The highest BCUT2D eigenvalue weighted by Gasteiger charge is 2.08. The summed E-state index contributed by atoms with van der Waals surface area (Å²) in [7, 11) is 1.55. The van der Waals surface area contributed by atoms with Gasteiger partial charge in [0.2, 0.25) is 0 Å². The Balaban J connectivity index is 1.53. The Bertz CT molecular complexity index is 1110. The third-order valence-corrected chi connectivity index (χ3v) is 5.59. The maximum Gasteiger partial charge on any atom is 0.259 e. The van der Waals surface area contributed by atoms with Gasteiger partial charge >= 0.3 is 0 Å². The first kappa shape index (κ1) is 24.2. The summed E-state index contributed by atoms with van der Waals surface area (Å²) in [5, 5.41) is 8.13. The van der Waals surface area contributed by atoms with Crippen LogP contribution in [-0.2, 0) is 11.4 Å². The number of halogens is 3. The van der Waals surface area contributed by atoms with Gasteiger partial charge in [-0.1, -0.05) is 29.3 Å². The molecular weight excluding hydrogens is 564 g/mol. The highest BCUT2D eigenvalue weighted by atomic mass is 127. The monoisotopic (exact) mass is 583 g/mol. The van der Waals surface area contributed by atoms with E-state index in [4.69, 9.17) is 32.7 Å². The van der Waals surface area contributed by atoms with Crippen molar-refractivity contribution < 1.29 is 14.3 Å². The summed E-state index contributed by atoms with van der Waals surface area (Å²) < 4.78 is 12.4. The maximum absolute atomic E-state index is 12.0. The highest BCUT2D eigenvalue weighted by Crippen LogP contribution is 2.29. The molecule has 0 spiro atoms. The zero-order valence-corrected chi connectivity index (χ0v) is 20.7. The highest BCUT2D eigenvalue weighted by molar-refractivity contribution is 14.1. The normalized spacial score (nSPS) is 10.8. The smallest absolute Gasteiger partial charge is 0.259 e. The molecule has 0 aliphatic heterocycles. The SMILES string of the molecule is COc1cc(/C=N\NC(=O)CNc2ccc(I)cc2)ccc1OCc1ccc(Cl)cc1Cl. The number of carbonyl (C=O) groups is 1. The van der Waals surface area contributed by atoms with Gasteiger partial charge in [0.15, 0.2) is 11.5 Å². The summed E-state index contributed by atoms with van der Waals surface area (Å²) in [6.45, 7) is 0.380. The van der Waals surface area contributed by atoms with Crippen molar-refractivity contribution >= 4 is 63.6 Å². The number of methoxy groups -OCH3 is 1. The van der Waals surface area contributed by atoms with Crippen LogP contribution in [0.5, 0.6) is 11.5 Å². The first-order chi connectivity index (χ1) is 15.4. The average molecular weight is 584 g/mol. The van der Waals surface area contributed by atoms with Crippen molar-refractivity contribution in [2.75, 3.05) is 19.0 Å². The van der Waals surface area contributed by atoms with Crippen molar-refractivity contribution in [1.29, 1.82) is 0 Å².